The molecular formula is C38H41ClF2N6O4. The van der Waals surface area contributed by atoms with Crippen molar-refractivity contribution < 1.29 is 23.5 Å². The van der Waals surface area contributed by atoms with Crippen LogP contribution in [-0.2, 0) is 16.0 Å². The fourth-order valence-corrected chi connectivity index (χ4v) is 7.62. The first-order valence-electron chi connectivity index (χ1n) is 17.0. The van der Waals surface area contributed by atoms with Crippen molar-refractivity contribution in [3.63, 3.8) is 0 Å². The van der Waals surface area contributed by atoms with Crippen molar-refractivity contribution in [2.45, 2.75) is 52.1 Å². The van der Waals surface area contributed by atoms with Gasteiger partial charge in [0.25, 0.3) is 11.5 Å². The van der Waals surface area contributed by atoms with Gasteiger partial charge in [-0.2, -0.15) is 0 Å². The number of phenolic OH excluding ortho intramolecular Hbond substituents is 1. The number of carbonyl (C=O) groups excluding carboxylic acids is 2. The Bertz CT molecular complexity index is 2130. The third kappa shape index (κ3) is 5.84. The molecule has 0 aliphatic carbocycles. The monoisotopic (exact) mass is 718 g/mol. The van der Waals surface area contributed by atoms with Gasteiger partial charge in [0.05, 0.1) is 39.7 Å². The van der Waals surface area contributed by atoms with E-state index >= 15 is 13.6 Å². The van der Waals surface area contributed by atoms with Crippen LogP contribution in [0, 0.1) is 11.6 Å². The van der Waals surface area contributed by atoms with Crippen molar-refractivity contribution in [2.75, 3.05) is 50.1 Å². The number of amides is 2. The van der Waals surface area contributed by atoms with Gasteiger partial charge < -0.3 is 24.7 Å². The maximum atomic E-state index is 17.7. The lowest BCUT2D eigenvalue weighted by molar-refractivity contribution is -0.130. The molecule has 51 heavy (non-hydrogen) atoms. The topological polar surface area (TPSA) is 102 Å². The lowest BCUT2D eigenvalue weighted by atomic mass is 9.94. The van der Waals surface area contributed by atoms with Gasteiger partial charge in [0.15, 0.2) is 5.82 Å². The molecule has 4 aromatic rings. The first kappa shape index (κ1) is 36.0. The van der Waals surface area contributed by atoms with Crippen LogP contribution in [0.2, 0.25) is 5.02 Å². The summed E-state index contributed by atoms with van der Waals surface area (Å²) in [5, 5.41) is 10.8. The Morgan fingerprint density at radius 2 is 1.86 bits per heavy atom. The molecule has 2 aliphatic heterocycles. The van der Waals surface area contributed by atoms with Crippen molar-refractivity contribution in [3.05, 3.63) is 87.5 Å². The number of fused-ring (bicyclic) bond motifs is 5. The van der Waals surface area contributed by atoms with E-state index in [1.807, 2.05) is 46.7 Å². The molecule has 268 valence electrons. The number of phenols is 1. The molecule has 10 nitrogen and oxygen atoms in total. The minimum Gasteiger partial charge on any atom is -0.507 e. The van der Waals surface area contributed by atoms with E-state index in [2.05, 4.69) is 11.6 Å². The van der Waals surface area contributed by atoms with Gasteiger partial charge in [-0.3, -0.25) is 23.9 Å². The number of likely N-dealkylation sites (N-methyl/N-ethyl adjacent to an activating group) is 1. The van der Waals surface area contributed by atoms with Crippen LogP contribution in [-0.4, -0.2) is 88.6 Å². The fourth-order valence-electron chi connectivity index (χ4n) is 7.33. The average molecular weight is 719 g/mol. The maximum absolute atomic E-state index is 17.7. The molecule has 0 radical (unpaired) electrons. The zero-order chi connectivity index (χ0) is 37.0. The van der Waals surface area contributed by atoms with Crippen LogP contribution in [0.4, 0.5) is 20.2 Å². The second-order valence-electron chi connectivity index (χ2n) is 13.6. The molecule has 2 aromatic heterocycles. The number of hydrogen-bond donors (Lipinski definition) is 1. The number of rotatable bonds is 8. The molecule has 13 heteroatoms. The summed E-state index contributed by atoms with van der Waals surface area (Å²) in [6.07, 6.45) is 3.30. The SMILES string of the molecule is C=CC(=O)N1CC2C(=O)N(CCN(C)C)c3c(c4cc(Cl)c(-c5c(O)cccc5F)c(F)c4n(-c4c(CC)ccnc4C(C)C)c3=O)N2CC1C. The van der Waals surface area contributed by atoms with Crippen molar-refractivity contribution in [2.24, 2.45) is 0 Å². The summed E-state index contributed by atoms with van der Waals surface area (Å²) < 4.78 is 34.4. The highest BCUT2D eigenvalue weighted by Gasteiger charge is 2.47. The molecule has 0 bridgehead atoms. The van der Waals surface area contributed by atoms with Crippen LogP contribution in [0.25, 0.3) is 27.7 Å². The van der Waals surface area contributed by atoms with Gasteiger partial charge in [-0.25, -0.2) is 8.78 Å². The summed E-state index contributed by atoms with van der Waals surface area (Å²) in [5.41, 5.74) is 0.162. The smallest absolute Gasteiger partial charge is 0.281 e. The number of anilines is 2. The van der Waals surface area contributed by atoms with Gasteiger partial charge >= 0.3 is 0 Å². The lowest BCUT2D eigenvalue weighted by Gasteiger charge is -2.50. The van der Waals surface area contributed by atoms with Gasteiger partial charge in [-0.05, 0) is 69.3 Å². The predicted octanol–water partition coefficient (Wildman–Crippen LogP) is 5.88. The number of halogens is 3. The highest BCUT2D eigenvalue weighted by molar-refractivity contribution is 6.35. The Labute approximate surface area is 300 Å². The molecule has 2 unspecified atom stereocenters. The molecule has 2 aliphatic rings. The molecule has 1 N–H and O–H groups in total. The summed E-state index contributed by atoms with van der Waals surface area (Å²) >= 11 is 6.88. The van der Waals surface area contributed by atoms with E-state index < -0.39 is 46.2 Å². The summed E-state index contributed by atoms with van der Waals surface area (Å²) in [5.74, 6) is -3.39. The number of hydrogen-bond acceptors (Lipinski definition) is 7. The van der Waals surface area contributed by atoms with Gasteiger partial charge in [-0.1, -0.05) is 45.0 Å². The Hall–Kier alpha value is -4.81. The molecule has 0 saturated carbocycles. The molecule has 0 spiro atoms. The molecule has 4 heterocycles. The van der Waals surface area contributed by atoms with Crippen LogP contribution in [0.15, 0.2) is 54.0 Å². The Kier molecular flexibility index (Phi) is 9.69. The molecule has 1 fully saturated rings. The second kappa shape index (κ2) is 13.7. The standard InChI is InChI=1S/C38H41ClF2N6O4/c1-8-22-13-14-42-32(20(3)4)33(22)47-34-23(17-24(39)29(31(34)41)30-25(40)11-10-12-27(30)48)35-36(38(47)51)44(16-15-43(6)7)37(50)26-19-45(28(49)9-2)21(5)18-46(26)35/h9-14,17,20-21,26,48H,2,8,15-16,18-19H2,1,3-7H3. The normalized spacial score (nSPS) is 17.4. The van der Waals surface area contributed by atoms with Gasteiger partial charge in [0.2, 0.25) is 5.91 Å². The molecule has 6 rings (SSSR count). The number of aryl methyl sites for hydroxylation is 1. The molecule has 1 saturated heterocycles. The number of piperazine rings is 1. The van der Waals surface area contributed by atoms with Crippen molar-refractivity contribution in [1.29, 1.82) is 0 Å². The predicted molar refractivity (Wildman–Crippen MR) is 196 cm³/mol. The average Bonchev–Trinajstić information content (AvgIpc) is 3.08. The number of pyridine rings is 2. The van der Waals surface area contributed by atoms with Crippen LogP contribution in [0.5, 0.6) is 5.75 Å². The molecular weight excluding hydrogens is 678 g/mol. The van der Waals surface area contributed by atoms with E-state index in [1.54, 1.807) is 22.1 Å². The van der Waals surface area contributed by atoms with E-state index in [0.29, 0.717) is 29.9 Å². The highest BCUT2D eigenvalue weighted by atomic mass is 35.5. The van der Waals surface area contributed by atoms with Crippen LogP contribution < -0.4 is 15.4 Å². The van der Waals surface area contributed by atoms with E-state index in [1.165, 1.54) is 33.7 Å². The number of benzene rings is 2. The third-order valence-electron chi connectivity index (χ3n) is 9.81. The minimum absolute atomic E-state index is 0.00478. The number of aromatic hydroxyl groups is 1. The van der Waals surface area contributed by atoms with Gasteiger partial charge in [0, 0.05) is 42.8 Å². The molecule has 2 atom stereocenters. The zero-order valence-electron chi connectivity index (χ0n) is 29.5. The molecule has 2 amide bonds. The highest BCUT2D eigenvalue weighted by Crippen LogP contribution is 2.48. The van der Waals surface area contributed by atoms with Crippen molar-refractivity contribution >= 4 is 45.7 Å². The Morgan fingerprint density at radius 1 is 1.14 bits per heavy atom. The van der Waals surface area contributed by atoms with E-state index in [-0.39, 0.29) is 64.7 Å². The van der Waals surface area contributed by atoms with Gasteiger partial charge in [-0.15, -0.1) is 0 Å². The Balaban J connectivity index is 1.83. The summed E-state index contributed by atoms with van der Waals surface area (Å²) in [4.78, 5) is 54.1. The number of nitrogens with zero attached hydrogens (tertiary/aromatic N) is 6. The van der Waals surface area contributed by atoms with Crippen LogP contribution in [0.1, 0.15) is 44.9 Å². The zero-order valence-corrected chi connectivity index (χ0v) is 30.3. The first-order chi connectivity index (χ1) is 24.2. The van der Waals surface area contributed by atoms with Crippen molar-refractivity contribution in [3.8, 4) is 22.6 Å². The number of carbonyl (C=O) groups is 2. The maximum Gasteiger partial charge on any atom is 0.281 e. The van der Waals surface area contributed by atoms with E-state index in [9.17, 15) is 14.7 Å². The summed E-state index contributed by atoms with van der Waals surface area (Å²) in [7, 11) is 3.69. The lowest BCUT2D eigenvalue weighted by Crippen LogP contribution is -2.67. The van der Waals surface area contributed by atoms with E-state index in [0.717, 1.165) is 6.07 Å². The second-order valence-corrected chi connectivity index (χ2v) is 14.0. The van der Waals surface area contributed by atoms with Crippen LogP contribution in [0.3, 0.4) is 0 Å². The van der Waals surface area contributed by atoms with Crippen LogP contribution >= 0.6 is 11.6 Å². The minimum atomic E-state index is -1.03. The van der Waals surface area contributed by atoms with Gasteiger partial charge in [0.1, 0.15) is 23.3 Å². The number of aromatic nitrogens is 2. The van der Waals surface area contributed by atoms with E-state index in [4.69, 9.17) is 11.6 Å². The largest absolute Gasteiger partial charge is 0.507 e. The first-order valence-corrected chi connectivity index (χ1v) is 17.3. The Morgan fingerprint density at radius 3 is 2.49 bits per heavy atom. The third-order valence-corrected chi connectivity index (χ3v) is 10.1. The quantitative estimate of drug-likeness (QED) is 0.227. The fraction of sp³-hybridized carbons (Fsp3) is 0.368. The summed E-state index contributed by atoms with van der Waals surface area (Å²) in [6.45, 7) is 11.9. The summed E-state index contributed by atoms with van der Waals surface area (Å²) in [6, 6.07) is 5.52. The molecule has 2 aromatic carbocycles. The van der Waals surface area contributed by atoms with Crippen molar-refractivity contribution in [1.82, 2.24) is 19.4 Å².